The number of fused-ring (bicyclic) bond motifs is 1. The van der Waals surface area contributed by atoms with Crippen molar-refractivity contribution in [2.24, 2.45) is 0 Å². The lowest BCUT2D eigenvalue weighted by molar-refractivity contribution is -0.274. The molecule has 1 aromatic carbocycles. The first-order chi connectivity index (χ1) is 10.3. The fourth-order valence-corrected chi connectivity index (χ4v) is 2.99. The number of pyridine rings is 1. The highest BCUT2D eigenvalue weighted by Gasteiger charge is 2.31. The number of nitrogens with zero attached hydrogens (tertiary/aromatic N) is 3. The average Bonchev–Trinajstić information content (AvgIpc) is 2.92. The van der Waals surface area contributed by atoms with Crippen LogP contribution in [0.3, 0.4) is 0 Å². The van der Waals surface area contributed by atoms with Gasteiger partial charge in [-0.15, -0.1) is 13.2 Å². The number of hydrogen-bond donors (Lipinski definition) is 0. The van der Waals surface area contributed by atoms with Crippen molar-refractivity contribution in [3.8, 4) is 11.4 Å². The van der Waals surface area contributed by atoms with E-state index < -0.39 is 11.9 Å². The minimum atomic E-state index is -4.76. The van der Waals surface area contributed by atoms with E-state index in [4.69, 9.17) is 0 Å². The molecule has 0 saturated carbocycles. The molecule has 0 amide bonds. The number of ether oxygens (including phenoxy) is 1. The lowest BCUT2D eigenvalue weighted by atomic mass is 10.3. The molecule has 3 aromatic rings. The van der Waals surface area contributed by atoms with Crippen molar-refractivity contribution in [2.45, 2.75) is 6.36 Å². The molecule has 0 N–H and O–H groups in total. The SMILES string of the molecule is O=c1c2nsnc2c(Br)cn1-c1ccc(OC(F)(F)F)cc1. The van der Waals surface area contributed by atoms with E-state index in [1.807, 2.05) is 0 Å². The molecule has 0 bridgehead atoms. The molecule has 0 aliphatic heterocycles. The van der Waals surface area contributed by atoms with Gasteiger partial charge in [-0.1, -0.05) is 0 Å². The van der Waals surface area contributed by atoms with E-state index in [1.165, 1.54) is 22.9 Å². The van der Waals surface area contributed by atoms with Crippen LogP contribution in [0.15, 0.2) is 39.7 Å². The van der Waals surface area contributed by atoms with Gasteiger partial charge in [0.2, 0.25) is 0 Å². The third kappa shape index (κ3) is 2.83. The van der Waals surface area contributed by atoms with E-state index in [-0.39, 0.29) is 11.3 Å². The molecule has 2 heterocycles. The van der Waals surface area contributed by atoms with Crippen LogP contribution in [0, 0.1) is 0 Å². The van der Waals surface area contributed by atoms with Crippen molar-refractivity contribution in [1.82, 2.24) is 13.3 Å². The molecule has 114 valence electrons. The smallest absolute Gasteiger partial charge is 0.406 e. The lowest BCUT2D eigenvalue weighted by Crippen LogP contribution is -2.19. The Hall–Kier alpha value is -1.94. The fourth-order valence-electron chi connectivity index (χ4n) is 1.83. The van der Waals surface area contributed by atoms with Crippen LogP contribution >= 0.6 is 27.7 Å². The number of aromatic nitrogens is 3. The van der Waals surface area contributed by atoms with Gasteiger partial charge in [0.05, 0.1) is 16.2 Å². The van der Waals surface area contributed by atoms with Gasteiger partial charge in [-0.25, -0.2) is 0 Å². The quantitative estimate of drug-likeness (QED) is 0.670. The molecule has 0 aliphatic rings. The van der Waals surface area contributed by atoms with Gasteiger partial charge >= 0.3 is 6.36 Å². The van der Waals surface area contributed by atoms with E-state index in [9.17, 15) is 18.0 Å². The Labute approximate surface area is 133 Å². The van der Waals surface area contributed by atoms with E-state index in [0.717, 1.165) is 23.9 Å². The molecule has 0 atom stereocenters. The van der Waals surface area contributed by atoms with Crippen molar-refractivity contribution in [2.75, 3.05) is 0 Å². The Morgan fingerprint density at radius 1 is 1.14 bits per heavy atom. The molecule has 22 heavy (non-hydrogen) atoms. The number of alkyl halides is 3. The maximum atomic E-state index is 12.3. The summed E-state index contributed by atoms with van der Waals surface area (Å²) in [6.45, 7) is 0. The second kappa shape index (κ2) is 5.36. The first-order valence-corrected chi connectivity index (χ1v) is 7.27. The van der Waals surface area contributed by atoms with E-state index in [0.29, 0.717) is 15.7 Å². The highest BCUT2D eigenvalue weighted by Crippen LogP contribution is 2.25. The molecule has 0 aliphatic carbocycles. The summed E-state index contributed by atoms with van der Waals surface area (Å²) in [5.41, 5.74) is 0.616. The predicted molar refractivity (Wildman–Crippen MR) is 77.4 cm³/mol. The lowest BCUT2D eigenvalue weighted by Gasteiger charge is -2.10. The summed E-state index contributed by atoms with van der Waals surface area (Å²) < 4.78 is 49.9. The van der Waals surface area contributed by atoms with E-state index in [1.54, 1.807) is 0 Å². The summed E-state index contributed by atoms with van der Waals surface area (Å²) in [7, 11) is 0. The first-order valence-electron chi connectivity index (χ1n) is 5.75. The van der Waals surface area contributed by atoms with Gasteiger partial charge in [0.15, 0.2) is 5.52 Å². The van der Waals surface area contributed by atoms with Crippen molar-refractivity contribution < 1.29 is 17.9 Å². The van der Waals surface area contributed by atoms with E-state index >= 15 is 0 Å². The fraction of sp³-hybridized carbons (Fsp3) is 0.0833. The summed E-state index contributed by atoms with van der Waals surface area (Å²) in [6.07, 6.45) is -3.27. The zero-order valence-electron chi connectivity index (χ0n) is 10.5. The Bertz CT molecular complexity index is 889. The molecule has 0 unspecified atom stereocenters. The minimum absolute atomic E-state index is 0.190. The van der Waals surface area contributed by atoms with Crippen LogP contribution < -0.4 is 10.3 Å². The average molecular weight is 392 g/mol. The van der Waals surface area contributed by atoms with Crippen LogP contribution in [0.1, 0.15) is 0 Å². The largest absolute Gasteiger partial charge is 0.573 e. The van der Waals surface area contributed by atoms with Gasteiger partial charge in [-0.3, -0.25) is 9.36 Å². The van der Waals surface area contributed by atoms with Crippen molar-refractivity contribution in [1.29, 1.82) is 0 Å². The van der Waals surface area contributed by atoms with Crippen molar-refractivity contribution >= 4 is 38.7 Å². The number of rotatable bonds is 2. The van der Waals surface area contributed by atoms with Crippen LogP contribution in [-0.4, -0.2) is 19.7 Å². The van der Waals surface area contributed by atoms with Gasteiger partial charge in [0.1, 0.15) is 11.3 Å². The Morgan fingerprint density at radius 3 is 2.41 bits per heavy atom. The topological polar surface area (TPSA) is 57.0 Å². The highest BCUT2D eigenvalue weighted by molar-refractivity contribution is 9.10. The Kier molecular flexibility index (Phi) is 3.65. The molecule has 10 heteroatoms. The normalized spacial score (nSPS) is 11.8. The van der Waals surface area contributed by atoms with Gasteiger partial charge in [0.25, 0.3) is 5.56 Å². The Morgan fingerprint density at radius 2 is 1.77 bits per heavy atom. The summed E-state index contributed by atoms with van der Waals surface area (Å²) in [5.74, 6) is -0.361. The molecule has 0 fully saturated rings. The standard InChI is InChI=1S/C12H5BrF3N3O2S/c13-8-5-19(11(20)10-9(8)17-22-18-10)6-1-3-7(4-2-6)21-12(14,15)16/h1-5H. The van der Waals surface area contributed by atoms with Crippen LogP contribution in [-0.2, 0) is 0 Å². The molecule has 0 spiro atoms. The first kappa shape index (κ1) is 15.0. The molecule has 3 rings (SSSR count). The summed E-state index contributed by atoms with van der Waals surface area (Å²) in [6, 6.07) is 4.96. The number of hydrogen-bond acceptors (Lipinski definition) is 5. The van der Waals surface area contributed by atoms with Gasteiger partial charge in [-0.2, -0.15) is 8.75 Å². The maximum Gasteiger partial charge on any atom is 0.573 e. The molecule has 5 nitrogen and oxygen atoms in total. The van der Waals surface area contributed by atoms with Crippen molar-refractivity contribution in [3.05, 3.63) is 45.3 Å². The van der Waals surface area contributed by atoms with E-state index in [2.05, 4.69) is 29.4 Å². The monoisotopic (exact) mass is 391 g/mol. The number of halogens is 4. The maximum absolute atomic E-state index is 12.3. The predicted octanol–water partition coefficient (Wildman–Crippen LogP) is 3.50. The zero-order chi connectivity index (χ0) is 15.9. The second-order valence-electron chi connectivity index (χ2n) is 4.16. The van der Waals surface area contributed by atoms with Crippen LogP contribution in [0.4, 0.5) is 13.2 Å². The van der Waals surface area contributed by atoms with Crippen LogP contribution in [0.5, 0.6) is 5.75 Å². The third-order valence-corrected chi connectivity index (χ3v) is 3.84. The zero-order valence-corrected chi connectivity index (χ0v) is 12.9. The molecular weight excluding hydrogens is 387 g/mol. The summed E-state index contributed by atoms with van der Waals surface area (Å²) in [4.78, 5) is 12.3. The van der Waals surface area contributed by atoms with Crippen LogP contribution in [0.25, 0.3) is 16.7 Å². The molecule has 2 aromatic heterocycles. The Balaban J connectivity index is 2.05. The molecule has 0 radical (unpaired) electrons. The van der Waals surface area contributed by atoms with Crippen molar-refractivity contribution in [3.63, 3.8) is 0 Å². The summed E-state index contributed by atoms with van der Waals surface area (Å²) in [5, 5.41) is 0. The van der Waals surface area contributed by atoms with Crippen LogP contribution in [0.2, 0.25) is 0 Å². The molecular formula is C12H5BrF3N3O2S. The summed E-state index contributed by atoms with van der Waals surface area (Å²) >= 11 is 4.19. The third-order valence-electron chi connectivity index (χ3n) is 2.73. The minimum Gasteiger partial charge on any atom is -0.406 e. The van der Waals surface area contributed by atoms with Gasteiger partial charge in [-0.05, 0) is 40.2 Å². The second-order valence-corrected chi connectivity index (χ2v) is 5.54. The number of benzene rings is 1. The van der Waals surface area contributed by atoms with Gasteiger partial charge in [0, 0.05) is 11.9 Å². The molecule has 0 saturated heterocycles. The highest BCUT2D eigenvalue weighted by atomic mass is 79.9. The van der Waals surface area contributed by atoms with Gasteiger partial charge < -0.3 is 4.74 Å².